The Morgan fingerprint density at radius 2 is 2.00 bits per heavy atom. The lowest BCUT2D eigenvalue weighted by Crippen LogP contribution is -2.29. The molecule has 0 rings (SSSR count). The van der Waals surface area contributed by atoms with Crippen LogP contribution in [-0.4, -0.2) is 27.8 Å². The van der Waals surface area contributed by atoms with Crippen molar-refractivity contribution in [3.63, 3.8) is 0 Å². The van der Waals surface area contributed by atoms with Crippen LogP contribution in [0.3, 0.4) is 0 Å². The summed E-state index contributed by atoms with van der Waals surface area (Å²) in [6.07, 6.45) is -0.814. The van der Waals surface area contributed by atoms with Crippen molar-refractivity contribution in [2.75, 3.05) is 0 Å². The zero-order valence-electron chi connectivity index (χ0n) is 5.41. The first kappa shape index (κ1) is 8.84. The van der Waals surface area contributed by atoms with Gasteiger partial charge in [-0.1, -0.05) is 6.92 Å². The number of aliphatic hydroxyl groups excluding tert-OH is 2. The highest BCUT2D eigenvalue weighted by atomic mass is 16.5. The molecule has 0 heterocycles. The topological polar surface area (TPSA) is 72.7 Å². The van der Waals surface area contributed by atoms with E-state index in [1.807, 2.05) is 0 Å². The van der Waals surface area contributed by atoms with Crippen molar-refractivity contribution >= 4 is 0 Å². The molecule has 0 aromatic rings. The number of hydrogen-bond donors (Lipinski definition) is 4. The third kappa shape index (κ3) is 4.35. The molecule has 4 heteroatoms. The predicted molar refractivity (Wildman–Crippen MR) is 31.8 cm³/mol. The van der Waals surface area contributed by atoms with Crippen LogP contribution in [0.25, 0.3) is 0 Å². The summed E-state index contributed by atoms with van der Waals surface area (Å²) < 4.78 is 0. The second kappa shape index (κ2) is 4.69. The van der Waals surface area contributed by atoms with Gasteiger partial charge >= 0.3 is 0 Å². The molecular formula is C5H13NO3. The fraction of sp³-hybridized carbons (Fsp3) is 1.00. The lowest BCUT2D eigenvalue weighted by Gasteiger charge is -2.11. The first-order valence-electron chi connectivity index (χ1n) is 2.96. The standard InChI is InChI=1S/C5H13NO3/c1-2-4(7)3-5(8)6-9/h4-9H,2-3H2,1H3. The summed E-state index contributed by atoms with van der Waals surface area (Å²) in [5.74, 6) is 0. The zero-order valence-corrected chi connectivity index (χ0v) is 5.41. The summed E-state index contributed by atoms with van der Waals surface area (Å²) in [5.41, 5.74) is 1.63. The van der Waals surface area contributed by atoms with Crippen molar-refractivity contribution < 1.29 is 15.4 Å². The zero-order chi connectivity index (χ0) is 7.28. The van der Waals surface area contributed by atoms with Gasteiger partial charge < -0.3 is 15.4 Å². The molecule has 0 saturated carbocycles. The van der Waals surface area contributed by atoms with E-state index in [-0.39, 0.29) is 6.42 Å². The van der Waals surface area contributed by atoms with Gasteiger partial charge in [0.05, 0.1) is 6.10 Å². The molecule has 0 radical (unpaired) electrons. The summed E-state index contributed by atoms with van der Waals surface area (Å²) >= 11 is 0. The normalized spacial score (nSPS) is 17.3. The van der Waals surface area contributed by atoms with Crippen LogP contribution < -0.4 is 5.48 Å². The second-order valence-corrected chi connectivity index (χ2v) is 1.94. The predicted octanol–water partition coefficient (Wildman–Crippen LogP) is -0.555. The van der Waals surface area contributed by atoms with E-state index in [1.165, 1.54) is 0 Å². The highest BCUT2D eigenvalue weighted by Gasteiger charge is 2.07. The number of hydroxylamine groups is 1. The SMILES string of the molecule is CCC(O)CC(O)NO. The molecule has 0 aromatic heterocycles. The van der Waals surface area contributed by atoms with Crippen LogP contribution in [0.5, 0.6) is 0 Å². The Morgan fingerprint density at radius 1 is 1.44 bits per heavy atom. The quantitative estimate of drug-likeness (QED) is 0.308. The molecule has 56 valence electrons. The molecule has 0 fully saturated rings. The summed E-state index contributed by atoms with van der Waals surface area (Å²) in [6, 6.07) is 0. The van der Waals surface area contributed by atoms with Gasteiger partial charge in [0.1, 0.15) is 6.23 Å². The Morgan fingerprint density at radius 3 is 2.33 bits per heavy atom. The molecule has 0 spiro atoms. The van der Waals surface area contributed by atoms with Crippen LogP contribution in [0.15, 0.2) is 0 Å². The minimum absolute atomic E-state index is 0.160. The number of hydrogen-bond acceptors (Lipinski definition) is 4. The minimum atomic E-state index is -1.01. The molecule has 0 aliphatic heterocycles. The van der Waals surface area contributed by atoms with Gasteiger partial charge in [-0.2, -0.15) is 5.48 Å². The van der Waals surface area contributed by atoms with Crippen molar-refractivity contribution in [3.8, 4) is 0 Å². The Hall–Kier alpha value is -0.160. The van der Waals surface area contributed by atoms with Crippen LogP contribution in [0.2, 0.25) is 0 Å². The van der Waals surface area contributed by atoms with Gasteiger partial charge in [0, 0.05) is 6.42 Å². The van der Waals surface area contributed by atoms with Crippen molar-refractivity contribution in [1.29, 1.82) is 0 Å². The molecule has 0 bridgehead atoms. The summed E-state index contributed by atoms with van der Waals surface area (Å²) in [4.78, 5) is 0. The monoisotopic (exact) mass is 135 g/mol. The average Bonchev–Trinajstić information content (AvgIpc) is 1.87. The van der Waals surface area contributed by atoms with E-state index >= 15 is 0 Å². The minimum Gasteiger partial charge on any atom is -0.393 e. The highest BCUT2D eigenvalue weighted by Crippen LogP contribution is 1.98. The van der Waals surface area contributed by atoms with Gasteiger partial charge in [-0.05, 0) is 6.42 Å². The van der Waals surface area contributed by atoms with Crippen LogP contribution in [-0.2, 0) is 0 Å². The van der Waals surface area contributed by atoms with Gasteiger partial charge in [0.15, 0.2) is 0 Å². The molecule has 0 aliphatic carbocycles. The summed E-state index contributed by atoms with van der Waals surface area (Å²) in [6.45, 7) is 1.80. The van der Waals surface area contributed by atoms with E-state index in [1.54, 1.807) is 12.4 Å². The molecule has 4 N–H and O–H groups in total. The van der Waals surface area contributed by atoms with Gasteiger partial charge in [-0.15, -0.1) is 0 Å². The Balaban J connectivity index is 3.22. The van der Waals surface area contributed by atoms with Crippen LogP contribution in [0, 0.1) is 0 Å². The molecule has 0 amide bonds. The largest absolute Gasteiger partial charge is 0.393 e. The average molecular weight is 135 g/mol. The lowest BCUT2D eigenvalue weighted by molar-refractivity contribution is -0.0273. The van der Waals surface area contributed by atoms with E-state index in [0.717, 1.165) is 0 Å². The van der Waals surface area contributed by atoms with Crippen molar-refractivity contribution in [3.05, 3.63) is 0 Å². The second-order valence-electron chi connectivity index (χ2n) is 1.94. The third-order valence-electron chi connectivity index (χ3n) is 1.12. The maximum absolute atomic E-state index is 8.85. The molecule has 2 unspecified atom stereocenters. The molecule has 4 nitrogen and oxygen atoms in total. The van der Waals surface area contributed by atoms with Crippen molar-refractivity contribution in [2.24, 2.45) is 0 Å². The van der Waals surface area contributed by atoms with E-state index in [2.05, 4.69) is 0 Å². The van der Waals surface area contributed by atoms with E-state index in [9.17, 15) is 0 Å². The van der Waals surface area contributed by atoms with Crippen LogP contribution >= 0.6 is 0 Å². The van der Waals surface area contributed by atoms with Crippen molar-refractivity contribution in [1.82, 2.24) is 5.48 Å². The number of nitrogens with one attached hydrogen (secondary N) is 1. The number of rotatable bonds is 4. The van der Waals surface area contributed by atoms with Gasteiger partial charge in [0.2, 0.25) is 0 Å². The Kier molecular flexibility index (Phi) is 4.61. The molecule has 2 atom stereocenters. The molecule has 0 aliphatic rings. The van der Waals surface area contributed by atoms with Crippen LogP contribution in [0.4, 0.5) is 0 Å². The van der Waals surface area contributed by atoms with E-state index < -0.39 is 12.3 Å². The molecular weight excluding hydrogens is 122 g/mol. The van der Waals surface area contributed by atoms with Crippen molar-refractivity contribution in [2.45, 2.75) is 32.1 Å². The fourth-order valence-corrected chi connectivity index (χ4v) is 0.477. The van der Waals surface area contributed by atoms with E-state index in [0.29, 0.717) is 6.42 Å². The number of aliphatic hydroxyl groups is 2. The van der Waals surface area contributed by atoms with Gasteiger partial charge in [-0.3, -0.25) is 0 Å². The molecule has 0 saturated heterocycles. The molecule has 0 aromatic carbocycles. The van der Waals surface area contributed by atoms with Gasteiger partial charge in [0.25, 0.3) is 0 Å². The highest BCUT2D eigenvalue weighted by molar-refractivity contribution is 4.55. The Bertz CT molecular complexity index is 61.2. The maximum Gasteiger partial charge on any atom is 0.129 e. The van der Waals surface area contributed by atoms with Crippen LogP contribution in [0.1, 0.15) is 19.8 Å². The lowest BCUT2D eigenvalue weighted by atomic mass is 10.2. The first-order chi connectivity index (χ1) is 4.20. The molecule has 9 heavy (non-hydrogen) atoms. The summed E-state index contributed by atoms with van der Waals surface area (Å²) in [7, 11) is 0. The first-order valence-corrected chi connectivity index (χ1v) is 2.96. The smallest absolute Gasteiger partial charge is 0.129 e. The third-order valence-corrected chi connectivity index (χ3v) is 1.12. The fourth-order valence-electron chi connectivity index (χ4n) is 0.477. The van der Waals surface area contributed by atoms with E-state index in [4.69, 9.17) is 15.4 Å². The summed E-state index contributed by atoms with van der Waals surface area (Å²) in [5, 5.41) is 25.6. The maximum atomic E-state index is 8.85. The van der Waals surface area contributed by atoms with Gasteiger partial charge in [-0.25, -0.2) is 0 Å². The Labute approximate surface area is 54.1 Å².